The highest BCUT2D eigenvalue weighted by Gasteiger charge is 2.20. The maximum atomic E-state index is 12.1. The van der Waals surface area contributed by atoms with Gasteiger partial charge in [0, 0.05) is 23.9 Å². The SMILES string of the molecule is O=C(NC1CCCSC1)c1cc([N+](=O)[O-])ccc1Cl. The van der Waals surface area contributed by atoms with Crippen LogP contribution in [0.15, 0.2) is 18.2 Å². The first-order valence-electron chi connectivity index (χ1n) is 5.90. The van der Waals surface area contributed by atoms with Crippen LogP contribution in [0.1, 0.15) is 23.2 Å². The summed E-state index contributed by atoms with van der Waals surface area (Å²) < 4.78 is 0. The molecule has 1 amide bonds. The number of non-ortho nitro benzene ring substituents is 1. The molecule has 1 aliphatic heterocycles. The molecule has 0 aliphatic carbocycles. The average Bonchev–Trinajstić information content (AvgIpc) is 2.40. The van der Waals surface area contributed by atoms with E-state index < -0.39 is 4.92 Å². The molecule has 0 spiro atoms. The van der Waals surface area contributed by atoms with Crippen molar-refractivity contribution in [3.63, 3.8) is 0 Å². The summed E-state index contributed by atoms with van der Waals surface area (Å²) in [6.07, 6.45) is 2.00. The van der Waals surface area contributed by atoms with E-state index in [0.717, 1.165) is 24.3 Å². The first kappa shape index (κ1) is 14.1. The molecule has 1 fully saturated rings. The molecule has 1 aliphatic rings. The number of halogens is 1. The van der Waals surface area contributed by atoms with E-state index in [4.69, 9.17) is 11.6 Å². The second kappa shape index (κ2) is 6.25. The number of carbonyl (C=O) groups is 1. The van der Waals surface area contributed by atoms with E-state index in [0.29, 0.717) is 0 Å². The minimum atomic E-state index is -0.538. The van der Waals surface area contributed by atoms with Gasteiger partial charge in [-0.3, -0.25) is 14.9 Å². The molecule has 1 N–H and O–H groups in total. The van der Waals surface area contributed by atoms with Gasteiger partial charge in [0.15, 0.2) is 0 Å². The molecule has 0 aromatic heterocycles. The lowest BCUT2D eigenvalue weighted by Crippen LogP contribution is -2.38. The molecular weight excluding hydrogens is 288 g/mol. The topological polar surface area (TPSA) is 72.2 Å². The Hall–Kier alpha value is -1.27. The number of nitro benzene ring substituents is 1. The summed E-state index contributed by atoms with van der Waals surface area (Å²) in [4.78, 5) is 22.2. The van der Waals surface area contributed by atoms with Gasteiger partial charge in [-0.15, -0.1) is 0 Å². The fourth-order valence-electron chi connectivity index (χ4n) is 1.92. The van der Waals surface area contributed by atoms with Gasteiger partial charge in [0.25, 0.3) is 11.6 Å². The standard InChI is InChI=1S/C12H13ClN2O3S/c13-11-4-3-9(15(17)18)6-10(11)12(16)14-8-2-1-5-19-7-8/h3-4,6,8H,1-2,5,7H2,(H,14,16). The summed E-state index contributed by atoms with van der Waals surface area (Å²) in [6.45, 7) is 0. The third kappa shape index (κ3) is 3.61. The van der Waals surface area contributed by atoms with Gasteiger partial charge in [-0.05, 0) is 24.7 Å². The number of amides is 1. The van der Waals surface area contributed by atoms with Crippen LogP contribution in [-0.2, 0) is 0 Å². The van der Waals surface area contributed by atoms with E-state index in [9.17, 15) is 14.9 Å². The van der Waals surface area contributed by atoms with E-state index in [1.807, 2.05) is 0 Å². The number of rotatable bonds is 3. The predicted octanol–water partition coefficient (Wildman–Crippen LogP) is 2.87. The Balaban J connectivity index is 2.13. The highest BCUT2D eigenvalue weighted by molar-refractivity contribution is 7.99. The van der Waals surface area contributed by atoms with Crippen molar-refractivity contribution in [2.45, 2.75) is 18.9 Å². The summed E-state index contributed by atoms with van der Waals surface area (Å²) in [5.41, 5.74) is 0.0269. The number of nitrogens with one attached hydrogen (secondary N) is 1. The number of thioether (sulfide) groups is 1. The Morgan fingerprint density at radius 1 is 1.53 bits per heavy atom. The van der Waals surface area contributed by atoms with Crippen molar-refractivity contribution in [1.82, 2.24) is 5.32 Å². The molecule has 0 radical (unpaired) electrons. The van der Waals surface area contributed by atoms with Crippen molar-refractivity contribution in [3.8, 4) is 0 Å². The Morgan fingerprint density at radius 3 is 2.95 bits per heavy atom. The third-order valence-corrected chi connectivity index (χ3v) is 4.45. The molecule has 1 saturated heterocycles. The first-order chi connectivity index (χ1) is 9.08. The van der Waals surface area contributed by atoms with Crippen LogP contribution in [0.4, 0.5) is 5.69 Å². The molecule has 7 heteroatoms. The van der Waals surface area contributed by atoms with Gasteiger partial charge in [-0.2, -0.15) is 11.8 Å². The lowest BCUT2D eigenvalue weighted by molar-refractivity contribution is -0.384. The number of hydrogen-bond donors (Lipinski definition) is 1. The van der Waals surface area contributed by atoms with Crippen molar-refractivity contribution < 1.29 is 9.72 Å². The van der Waals surface area contributed by atoms with Crippen molar-refractivity contribution in [2.75, 3.05) is 11.5 Å². The summed E-state index contributed by atoms with van der Waals surface area (Å²) in [5, 5.41) is 13.8. The number of hydrogen-bond acceptors (Lipinski definition) is 4. The lowest BCUT2D eigenvalue weighted by Gasteiger charge is -2.22. The van der Waals surface area contributed by atoms with Gasteiger partial charge >= 0.3 is 0 Å². The zero-order chi connectivity index (χ0) is 13.8. The summed E-state index contributed by atoms with van der Waals surface area (Å²) in [5.74, 6) is 1.64. The Bertz CT molecular complexity index is 504. The van der Waals surface area contributed by atoms with Gasteiger partial charge in [-0.1, -0.05) is 11.6 Å². The minimum Gasteiger partial charge on any atom is -0.348 e. The van der Waals surface area contributed by atoms with Crippen molar-refractivity contribution in [3.05, 3.63) is 38.9 Å². The molecule has 1 heterocycles. The predicted molar refractivity (Wildman–Crippen MR) is 75.9 cm³/mol. The average molecular weight is 301 g/mol. The second-order valence-corrected chi connectivity index (χ2v) is 5.87. The summed E-state index contributed by atoms with van der Waals surface area (Å²) in [7, 11) is 0. The molecule has 5 nitrogen and oxygen atoms in total. The molecule has 1 unspecified atom stereocenters. The molecule has 102 valence electrons. The maximum absolute atomic E-state index is 12.1. The number of benzene rings is 1. The van der Waals surface area contributed by atoms with Gasteiger partial charge in [0.1, 0.15) is 0 Å². The molecule has 0 bridgehead atoms. The summed E-state index contributed by atoms with van der Waals surface area (Å²) >= 11 is 7.72. The zero-order valence-electron chi connectivity index (χ0n) is 10.1. The summed E-state index contributed by atoms with van der Waals surface area (Å²) in [6, 6.07) is 3.99. The van der Waals surface area contributed by atoms with Crippen LogP contribution in [0.25, 0.3) is 0 Å². The number of carbonyl (C=O) groups excluding carboxylic acids is 1. The Morgan fingerprint density at radius 2 is 2.32 bits per heavy atom. The lowest BCUT2D eigenvalue weighted by atomic mass is 10.1. The van der Waals surface area contributed by atoms with E-state index in [2.05, 4.69) is 5.32 Å². The Kier molecular flexibility index (Phi) is 4.66. The highest BCUT2D eigenvalue weighted by Crippen LogP contribution is 2.23. The van der Waals surface area contributed by atoms with E-state index in [1.165, 1.54) is 18.2 Å². The van der Waals surface area contributed by atoms with Crippen LogP contribution in [-0.4, -0.2) is 28.4 Å². The smallest absolute Gasteiger partial charge is 0.270 e. The van der Waals surface area contributed by atoms with E-state index >= 15 is 0 Å². The van der Waals surface area contributed by atoms with Crippen LogP contribution in [0.3, 0.4) is 0 Å². The second-order valence-electron chi connectivity index (χ2n) is 4.31. The molecule has 2 rings (SSSR count). The van der Waals surface area contributed by atoms with Crippen molar-refractivity contribution in [1.29, 1.82) is 0 Å². The molecule has 1 aromatic rings. The van der Waals surface area contributed by atoms with Gasteiger partial charge in [0.2, 0.25) is 0 Å². The van der Waals surface area contributed by atoms with Crippen LogP contribution in [0.5, 0.6) is 0 Å². The number of nitrogens with zero attached hydrogens (tertiary/aromatic N) is 1. The monoisotopic (exact) mass is 300 g/mol. The third-order valence-electron chi connectivity index (χ3n) is 2.90. The van der Waals surface area contributed by atoms with E-state index in [-0.39, 0.29) is 28.2 Å². The molecule has 1 atom stereocenters. The van der Waals surface area contributed by atoms with Gasteiger partial charge < -0.3 is 5.32 Å². The number of nitro groups is 1. The normalized spacial score (nSPS) is 18.9. The highest BCUT2D eigenvalue weighted by atomic mass is 35.5. The first-order valence-corrected chi connectivity index (χ1v) is 7.44. The fraction of sp³-hybridized carbons (Fsp3) is 0.417. The fourth-order valence-corrected chi connectivity index (χ4v) is 3.19. The maximum Gasteiger partial charge on any atom is 0.270 e. The van der Waals surface area contributed by atoms with Crippen molar-refractivity contribution >= 4 is 35.0 Å². The molecular formula is C12H13ClN2O3S. The molecule has 0 saturated carbocycles. The quantitative estimate of drug-likeness (QED) is 0.688. The van der Waals surface area contributed by atoms with Crippen LogP contribution in [0.2, 0.25) is 5.02 Å². The zero-order valence-corrected chi connectivity index (χ0v) is 11.7. The Labute approximate surface area is 119 Å². The molecule has 1 aromatic carbocycles. The van der Waals surface area contributed by atoms with Crippen LogP contribution >= 0.6 is 23.4 Å². The van der Waals surface area contributed by atoms with Gasteiger partial charge in [-0.25, -0.2) is 0 Å². The largest absolute Gasteiger partial charge is 0.348 e. The minimum absolute atomic E-state index is 0.113. The van der Waals surface area contributed by atoms with Crippen LogP contribution < -0.4 is 5.32 Å². The van der Waals surface area contributed by atoms with Crippen molar-refractivity contribution in [2.24, 2.45) is 0 Å². The van der Waals surface area contributed by atoms with Crippen LogP contribution in [0, 0.1) is 10.1 Å². The van der Waals surface area contributed by atoms with E-state index in [1.54, 1.807) is 11.8 Å². The molecule has 19 heavy (non-hydrogen) atoms. The van der Waals surface area contributed by atoms with Gasteiger partial charge in [0.05, 0.1) is 15.5 Å².